The van der Waals surface area contributed by atoms with Crippen molar-refractivity contribution in [1.82, 2.24) is 4.98 Å². The van der Waals surface area contributed by atoms with E-state index >= 15 is 0 Å². The Morgan fingerprint density at radius 1 is 1.31 bits per heavy atom. The molecule has 1 aromatic heterocycles. The first-order valence-corrected chi connectivity index (χ1v) is 5.05. The predicted octanol–water partition coefficient (Wildman–Crippen LogP) is 2.25. The molecule has 0 saturated heterocycles. The first kappa shape index (κ1) is 10.6. The van der Waals surface area contributed by atoms with Crippen molar-refractivity contribution in [2.45, 2.75) is 0 Å². The zero-order chi connectivity index (χ0) is 11.4. The highest BCUT2D eigenvalue weighted by atomic mass is 16.5. The van der Waals surface area contributed by atoms with Crippen LogP contribution < -0.4 is 4.74 Å². The Labute approximate surface area is 94.0 Å². The van der Waals surface area contributed by atoms with Gasteiger partial charge in [0.2, 0.25) is 0 Å². The molecule has 0 unspecified atom stereocenters. The molecule has 0 amide bonds. The summed E-state index contributed by atoms with van der Waals surface area (Å²) in [6.07, 6.45) is 3.46. The maximum atomic E-state index is 8.68. The molecule has 1 aromatic carbocycles. The van der Waals surface area contributed by atoms with Crippen molar-refractivity contribution >= 4 is 17.0 Å². The van der Waals surface area contributed by atoms with Crippen LogP contribution in [0.3, 0.4) is 0 Å². The Kier molecular flexibility index (Phi) is 3.17. The zero-order valence-corrected chi connectivity index (χ0v) is 9.05. The average Bonchev–Trinajstić information content (AvgIpc) is 2.35. The molecule has 0 radical (unpaired) electrons. The third kappa shape index (κ3) is 2.20. The molecule has 82 valence electrons. The average molecular weight is 215 g/mol. The minimum absolute atomic E-state index is 0.0301. The van der Waals surface area contributed by atoms with Crippen molar-refractivity contribution in [1.29, 1.82) is 0 Å². The molecule has 1 N–H and O–H groups in total. The fourth-order valence-electron chi connectivity index (χ4n) is 1.51. The molecule has 3 heteroatoms. The van der Waals surface area contributed by atoms with Gasteiger partial charge in [0, 0.05) is 5.39 Å². The quantitative estimate of drug-likeness (QED) is 0.853. The molecule has 0 spiro atoms. The number of aliphatic hydroxyl groups is 1. The van der Waals surface area contributed by atoms with Gasteiger partial charge in [0.25, 0.3) is 0 Å². The van der Waals surface area contributed by atoms with Crippen LogP contribution in [0.2, 0.25) is 0 Å². The van der Waals surface area contributed by atoms with E-state index in [1.54, 1.807) is 19.3 Å². The van der Waals surface area contributed by atoms with Crippen LogP contribution in [0.25, 0.3) is 17.0 Å². The molecular weight excluding hydrogens is 202 g/mol. The summed E-state index contributed by atoms with van der Waals surface area (Å²) in [5.41, 5.74) is 1.76. The largest absolute Gasteiger partial charge is 0.497 e. The number of aliphatic hydroxyl groups excluding tert-OH is 1. The number of fused-ring (bicyclic) bond motifs is 1. The monoisotopic (exact) mass is 215 g/mol. The first-order chi connectivity index (χ1) is 7.83. The Balaban J connectivity index is 2.43. The van der Waals surface area contributed by atoms with E-state index in [4.69, 9.17) is 9.84 Å². The van der Waals surface area contributed by atoms with Gasteiger partial charge < -0.3 is 9.84 Å². The van der Waals surface area contributed by atoms with Crippen LogP contribution in [0, 0.1) is 0 Å². The van der Waals surface area contributed by atoms with Gasteiger partial charge in [-0.1, -0.05) is 12.1 Å². The van der Waals surface area contributed by atoms with Gasteiger partial charge in [-0.25, -0.2) is 4.98 Å². The number of nitrogens with zero attached hydrogens (tertiary/aromatic N) is 1. The van der Waals surface area contributed by atoms with E-state index in [2.05, 4.69) is 4.98 Å². The second-order valence-corrected chi connectivity index (χ2v) is 3.38. The van der Waals surface area contributed by atoms with Crippen LogP contribution in [0.1, 0.15) is 5.69 Å². The van der Waals surface area contributed by atoms with Gasteiger partial charge in [-0.2, -0.15) is 0 Å². The highest BCUT2D eigenvalue weighted by Gasteiger charge is 1.98. The van der Waals surface area contributed by atoms with Crippen molar-refractivity contribution in [2.24, 2.45) is 0 Å². The molecule has 0 aliphatic heterocycles. The molecule has 0 aliphatic rings. The highest BCUT2D eigenvalue weighted by molar-refractivity contribution is 5.81. The van der Waals surface area contributed by atoms with Crippen molar-refractivity contribution in [3.8, 4) is 5.75 Å². The van der Waals surface area contributed by atoms with E-state index < -0.39 is 0 Å². The minimum Gasteiger partial charge on any atom is -0.497 e. The Hall–Kier alpha value is -1.87. The number of hydrogen-bond donors (Lipinski definition) is 1. The van der Waals surface area contributed by atoms with Crippen molar-refractivity contribution in [3.63, 3.8) is 0 Å². The van der Waals surface area contributed by atoms with E-state index in [0.717, 1.165) is 22.3 Å². The van der Waals surface area contributed by atoms with Gasteiger partial charge in [0.05, 0.1) is 24.9 Å². The smallest absolute Gasteiger partial charge is 0.119 e. The fourth-order valence-corrected chi connectivity index (χ4v) is 1.51. The Bertz CT molecular complexity index is 520. The molecule has 3 nitrogen and oxygen atoms in total. The molecule has 16 heavy (non-hydrogen) atoms. The molecule has 1 heterocycles. The van der Waals surface area contributed by atoms with Gasteiger partial charge in [-0.15, -0.1) is 0 Å². The molecule has 0 bridgehead atoms. The zero-order valence-electron chi connectivity index (χ0n) is 9.05. The Morgan fingerprint density at radius 3 is 2.94 bits per heavy atom. The number of benzene rings is 1. The summed E-state index contributed by atoms with van der Waals surface area (Å²) in [6.45, 7) is 0.0301. The SMILES string of the molecule is COc1ccc2nc(/C=C/CO)ccc2c1. The molecule has 0 aliphatic carbocycles. The van der Waals surface area contributed by atoms with Gasteiger partial charge in [-0.05, 0) is 30.3 Å². The van der Waals surface area contributed by atoms with Crippen LogP contribution >= 0.6 is 0 Å². The van der Waals surface area contributed by atoms with Crippen LogP contribution in [0.5, 0.6) is 5.75 Å². The minimum atomic E-state index is 0.0301. The number of rotatable bonds is 3. The number of hydrogen-bond acceptors (Lipinski definition) is 3. The van der Waals surface area contributed by atoms with Gasteiger partial charge >= 0.3 is 0 Å². The van der Waals surface area contributed by atoms with Crippen LogP contribution in [0.15, 0.2) is 36.4 Å². The maximum absolute atomic E-state index is 8.68. The number of pyridine rings is 1. The number of methoxy groups -OCH3 is 1. The van der Waals surface area contributed by atoms with Gasteiger partial charge in [0.1, 0.15) is 5.75 Å². The second-order valence-electron chi connectivity index (χ2n) is 3.38. The topological polar surface area (TPSA) is 42.4 Å². The normalized spacial score (nSPS) is 11.1. The van der Waals surface area contributed by atoms with E-state index in [1.807, 2.05) is 30.3 Å². The highest BCUT2D eigenvalue weighted by Crippen LogP contribution is 2.19. The van der Waals surface area contributed by atoms with E-state index in [0.29, 0.717) is 0 Å². The fraction of sp³-hybridized carbons (Fsp3) is 0.154. The van der Waals surface area contributed by atoms with E-state index in [1.165, 1.54) is 0 Å². The van der Waals surface area contributed by atoms with Gasteiger partial charge in [-0.3, -0.25) is 0 Å². The molecule has 2 aromatic rings. The lowest BCUT2D eigenvalue weighted by molar-refractivity contribution is 0.343. The van der Waals surface area contributed by atoms with Gasteiger partial charge in [0.15, 0.2) is 0 Å². The predicted molar refractivity (Wildman–Crippen MR) is 64.4 cm³/mol. The van der Waals surface area contributed by atoms with Crippen LogP contribution in [-0.4, -0.2) is 23.8 Å². The van der Waals surface area contributed by atoms with E-state index in [9.17, 15) is 0 Å². The summed E-state index contributed by atoms with van der Waals surface area (Å²) in [7, 11) is 1.65. The van der Waals surface area contributed by atoms with Crippen LogP contribution in [-0.2, 0) is 0 Å². The molecule has 0 fully saturated rings. The van der Waals surface area contributed by atoms with Crippen LogP contribution in [0.4, 0.5) is 0 Å². The third-order valence-electron chi connectivity index (χ3n) is 2.31. The summed E-state index contributed by atoms with van der Waals surface area (Å²) in [6, 6.07) is 9.65. The summed E-state index contributed by atoms with van der Waals surface area (Å²) in [4.78, 5) is 4.43. The standard InChI is InChI=1S/C13H13NO2/c1-16-12-6-7-13-10(9-12)4-5-11(14-13)3-2-8-15/h2-7,9,15H,8H2,1H3/b3-2+. The first-order valence-electron chi connectivity index (χ1n) is 5.05. The summed E-state index contributed by atoms with van der Waals surface area (Å²) >= 11 is 0. The lowest BCUT2D eigenvalue weighted by Gasteiger charge is -2.02. The lowest BCUT2D eigenvalue weighted by atomic mass is 10.2. The molecule has 0 atom stereocenters. The summed E-state index contributed by atoms with van der Waals surface area (Å²) < 4.78 is 5.14. The number of aromatic nitrogens is 1. The second kappa shape index (κ2) is 4.77. The summed E-state index contributed by atoms with van der Waals surface area (Å²) in [5, 5.41) is 9.72. The van der Waals surface area contributed by atoms with E-state index in [-0.39, 0.29) is 6.61 Å². The molecule has 0 saturated carbocycles. The molecule has 2 rings (SSSR count). The summed E-state index contributed by atoms with van der Waals surface area (Å²) in [5.74, 6) is 0.827. The van der Waals surface area contributed by atoms with Crippen molar-refractivity contribution in [2.75, 3.05) is 13.7 Å². The van der Waals surface area contributed by atoms with Crippen molar-refractivity contribution < 1.29 is 9.84 Å². The lowest BCUT2D eigenvalue weighted by Crippen LogP contribution is -1.86. The van der Waals surface area contributed by atoms with Crippen molar-refractivity contribution in [3.05, 3.63) is 42.1 Å². The Morgan fingerprint density at radius 2 is 2.19 bits per heavy atom. The molecular formula is C13H13NO2. The number of ether oxygens (including phenoxy) is 1. The third-order valence-corrected chi connectivity index (χ3v) is 2.31. The maximum Gasteiger partial charge on any atom is 0.119 e.